The van der Waals surface area contributed by atoms with Crippen LogP contribution in [0.2, 0.25) is 0 Å². The molecule has 0 atom stereocenters. The number of hydrogen-bond acceptors (Lipinski definition) is 6. The van der Waals surface area contributed by atoms with Gasteiger partial charge in [-0.05, 0) is 71.0 Å². The van der Waals surface area contributed by atoms with Crippen LogP contribution >= 0.6 is 0 Å². The van der Waals surface area contributed by atoms with Crippen LogP contribution in [0.4, 0.5) is 13.2 Å². The molecule has 8 rings (SSSR count). The first-order valence-corrected chi connectivity index (χ1v) is 18.0. The number of hydrogen-bond donors (Lipinski definition) is 0. The lowest BCUT2D eigenvalue weighted by molar-refractivity contribution is -0.137. The number of imidazole rings is 1. The van der Waals surface area contributed by atoms with Crippen molar-refractivity contribution in [2.75, 3.05) is 0 Å². The highest BCUT2D eigenvalue weighted by atomic mass is 19.4. The molecule has 3 aromatic heterocycles. The van der Waals surface area contributed by atoms with Gasteiger partial charge in [0.1, 0.15) is 35.5 Å². The Kier molecular flexibility index (Phi) is 10.2. The monoisotopic (exact) mass is 748 g/mol. The summed E-state index contributed by atoms with van der Waals surface area (Å²) in [5, 5.41) is 0. The van der Waals surface area contributed by atoms with E-state index in [4.69, 9.17) is 18.6 Å². The lowest BCUT2D eigenvalue weighted by Crippen LogP contribution is -2.36. The Balaban J connectivity index is 0.930. The number of aryl methyl sites for hydroxylation is 2. The van der Waals surface area contributed by atoms with Gasteiger partial charge >= 0.3 is 6.18 Å². The van der Waals surface area contributed by atoms with E-state index in [1.54, 1.807) is 12.2 Å². The molecule has 0 fully saturated rings. The fourth-order valence-electron chi connectivity index (χ4n) is 6.85. The third kappa shape index (κ3) is 7.67. The Morgan fingerprint density at radius 3 is 1.88 bits per heavy atom. The molecule has 8 aromatic rings. The van der Waals surface area contributed by atoms with Crippen molar-refractivity contribution in [3.63, 3.8) is 0 Å². The van der Waals surface area contributed by atoms with Crippen molar-refractivity contribution >= 4 is 12.2 Å². The van der Waals surface area contributed by atoms with E-state index >= 15 is 0 Å². The van der Waals surface area contributed by atoms with E-state index in [2.05, 4.69) is 87.3 Å². The third-order valence-electron chi connectivity index (χ3n) is 9.60. The van der Waals surface area contributed by atoms with Crippen LogP contribution in [0.25, 0.3) is 23.6 Å². The van der Waals surface area contributed by atoms with Crippen molar-refractivity contribution in [1.29, 1.82) is 0 Å². The van der Waals surface area contributed by atoms with Gasteiger partial charge in [0.25, 0.3) is 0 Å². The van der Waals surface area contributed by atoms with E-state index in [0.29, 0.717) is 40.8 Å². The molecule has 7 nitrogen and oxygen atoms in total. The molecule has 0 aliphatic carbocycles. The van der Waals surface area contributed by atoms with Crippen LogP contribution in [0, 0.1) is 0 Å². The molecule has 0 N–H and O–H groups in total. The largest absolute Gasteiger partial charge is 0.487 e. The number of aromatic nitrogens is 4. The van der Waals surface area contributed by atoms with Crippen molar-refractivity contribution in [2.24, 2.45) is 0 Å². The Bertz CT molecular complexity index is 2410. The minimum absolute atomic E-state index is 0.187. The summed E-state index contributed by atoms with van der Waals surface area (Å²) < 4.78 is 58.0. The molecule has 0 aliphatic rings. The SMILES string of the molecule is FC(F)(F)c1ccc(/C=C/c2nc(COc3ccc(CCc4ncoc4-c4cn(C(c5ccccc5)(c5ccccc5)c5ccccc5)cn4)cc3)co2)cc1. The zero-order valence-electron chi connectivity index (χ0n) is 30.0. The molecule has 0 aliphatic heterocycles. The maximum absolute atomic E-state index is 12.8. The number of benzene rings is 5. The molecule has 0 radical (unpaired) electrons. The molecular weight excluding hydrogens is 714 g/mol. The molecule has 10 heteroatoms. The number of alkyl halides is 3. The summed E-state index contributed by atoms with van der Waals surface area (Å²) in [7, 11) is 0. The first-order valence-electron chi connectivity index (χ1n) is 18.0. The molecule has 5 aromatic carbocycles. The van der Waals surface area contributed by atoms with Crippen LogP contribution in [0.3, 0.4) is 0 Å². The fourth-order valence-corrected chi connectivity index (χ4v) is 6.85. The van der Waals surface area contributed by atoms with Gasteiger partial charge in [-0.3, -0.25) is 0 Å². The van der Waals surface area contributed by atoms with E-state index in [0.717, 1.165) is 46.5 Å². The first-order chi connectivity index (χ1) is 27.4. The predicted molar refractivity (Wildman–Crippen MR) is 207 cm³/mol. The molecule has 0 saturated carbocycles. The summed E-state index contributed by atoms with van der Waals surface area (Å²) in [5.41, 5.74) is 5.70. The summed E-state index contributed by atoms with van der Waals surface area (Å²) in [6, 6.07) is 44.0. The summed E-state index contributed by atoms with van der Waals surface area (Å²) >= 11 is 0. The van der Waals surface area contributed by atoms with Gasteiger partial charge in [0.2, 0.25) is 5.89 Å². The van der Waals surface area contributed by atoms with Crippen molar-refractivity contribution in [3.05, 3.63) is 215 Å². The number of nitrogens with zero attached hydrogens (tertiary/aromatic N) is 4. The summed E-state index contributed by atoms with van der Waals surface area (Å²) in [6.07, 6.45) is 7.09. The van der Waals surface area contributed by atoms with E-state index in [1.807, 2.05) is 55.0 Å². The molecule has 278 valence electrons. The number of ether oxygens (including phenoxy) is 1. The molecular formula is C46H35F3N4O3. The maximum Gasteiger partial charge on any atom is 0.416 e. The predicted octanol–water partition coefficient (Wildman–Crippen LogP) is 10.9. The second-order valence-electron chi connectivity index (χ2n) is 13.2. The second-order valence-corrected chi connectivity index (χ2v) is 13.2. The van der Waals surface area contributed by atoms with Crippen LogP contribution in [0.1, 0.15) is 50.7 Å². The average molecular weight is 749 g/mol. The summed E-state index contributed by atoms with van der Waals surface area (Å²) in [4.78, 5) is 13.8. The molecule has 0 bridgehead atoms. The van der Waals surface area contributed by atoms with Gasteiger partial charge in [0, 0.05) is 12.3 Å². The average Bonchev–Trinajstić information content (AvgIpc) is 4.03. The third-order valence-corrected chi connectivity index (χ3v) is 9.60. The molecule has 0 spiro atoms. The summed E-state index contributed by atoms with van der Waals surface area (Å²) in [6.45, 7) is 0.187. The number of oxazole rings is 2. The standard InChI is InChI=1S/C46H35F3N4O3/c47-46(48,49)38-22-16-33(17-23-38)21-27-43-52-39(30-55-43)29-54-40-24-18-34(19-25-40)20-26-41-44(56-32-51-41)42-28-53(31-50-42)45(35-10-4-1-5-11-35,36-12-6-2-7-13-36)37-14-8-3-9-15-37/h1-19,21-25,27-28,30-32H,20,26,29H2/b27-21+. The van der Waals surface area contributed by atoms with Crippen LogP contribution in [-0.4, -0.2) is 19.5 Å². The van der Waals surface area contributed by atoms with Gasteiger partial charge < -0.3 is 18.1 Å². The lowest BCUT2D eigenvalue weighted by atomic mass is 9.77. The van der Waals surface area contributed by atoms with Gasteiger partial charge in [-0.1, -0.05) is 115 Å². The molecule has 3 heterocycles. The number of rotatable bonds is 13. The Morgan fingerprint density at radius 1 is 0.643 bits per heavy atom. The van der Waals surface area contributed by atoms with Crippen molar-refractivity contribution in [3.8, 4) is 17.2 Å². The normalized spacial score (nSPS) is 12.0. The van der Waals surface area contributed by atoms with Crippen molar-refractivity contribution in [2.45, 2.75) is 31.2 Å². The lowest BCUT2D eigenvalue weighted by Gasteiger charge is -2.37. The zero-order valence-corrected chi connectivity index (χ0v) is 30.0. The Labute approximate surface area is 321 Å². The van der Waals surface area contributed by atoms with Crippen LogP contribution in [0.5, 0.6) is 5.75 Å². The van der Waals surface area contributed by atoms with Crippen LogP contribution in [-0.2, 0) is 31.2 Å². The first kappa shape index (κ1) is 36.1. The Hall–Kier alpha value is -6.94. The smallest absolute Gasteiger partial charge is 0.416 e. The minimum Gasteiger partial charge on any atom is -0.487 e. The van der Waals surface area contributed by atoms with Crippen LogP contribution in [0.15, 0.2) is 174 Å². The van der Waals surface area contributed by atoms with Crippen molar-refractivity contribution < 1.29 is 26.7 Å². The highest BCUT2D eigenvalue weighted by Crippen LogP contribution is 2.41. The van der Waals surface area contributed by atoms with Gasteiger partial charge in [0.15, 0.2) is 12.2 Å². The molecule has 0 unspecified atom stereocenters. The molecule has 0 amide bonds. The minimum atomic E-state index is -4.38. The summed E-state index contributed by atoms with van der Waals surface area (Å²) in [5.74, 6) is 1.62. The van der Waals surface area contributed by atoms with E-state index in [9.17, 15) is 13.2 Å². The van der Waals surface area contributed by atoms with Crippen LogP contribution < -0.4 is 4.74 Å². The van der Waals surface area contributed by atoms with Crippen molar-refractivity contribution in [1.82, 2.24) is 19.5 Å². The van der Waals surface area contributed by atoms with Gasteiger partial charge in [-0.15, -0.1) is 0 Å². The fraction of sp³-hybridized carbons (Fsp3) is 0.109. The second kappa shape index (κ2) is 15.8. The number of halogens is 3. The van der Waals surface area contributed by atoms with Gasteiger partial charge in [-0.2, -0.15) is 13.2 Å². The Morgan fingerprint density at radius 2 is 1.27 bits per heavy atom. The maximum atomic E-state index is 12.8. The quantitative estimate of drug-likeness (QED) is 0.109. The topological polar surface area (TPSA) is 79.1 Å². The highest BCUT2D eigenvalue weighted by Gasteiger charge is 2.38. The van der Waals surface area contributed by atoms with E-state index in [1.165, 1.54) is 24.8 Å². The molecule has 56 heavy (non-hydrogen) atoms. The van der Waals surface area contributed by atoms with Gasteiger partial charge in [-0.25, -0.2) is 15.0 Å². The molecule has 0 saturated heterocycles. The highest BCUT2D eigenvalue weighted by molar-refractivity contribution is 5.66. The van der Waals surface area contributed by atoms with E-state index in [-0.39, 0.29) is 6.61 Å². The zero-order chi connectivity index (χ0) is 38.4. The van der Waals surface area contributed by atoms with E-state index < -0.39 is 17.3 Å². The van der Waals surface area contributed by atoms with Gasteiger partial charge in [0.05, 0.1) is 17.6 Å².